The van der Waals surface area contributed by atoms with E-state index in [0.29, 0.717) is 6.54 Å². The number of carbonyl (C=O) groups excluding carboxylic acids is 1. The Balaban J connectivity index is 2.02. The molecule has 1 amide bonds. The van der Waals surface area contributed by atoms with E-state index in [0.717, 1.165) is 37.6 Å². The third-order valence-corrected chi connectivity index (χ3v) is 5.28. The second-order valence-corrected chi connectivity index (χ2v) is 7.16. The van der Waals surface area contributed by atoms with Gasteiger partial charge in [0.1, 0.15) is 0 Å². The Bertz CT molecular complexity index is 717. The molecule has 5 heteroatoms. The van der Waals surface area contributed by atoms with Crippen molar-refractivity contribution in [1.29, 1.82) is 0 Å². The molecule has 1 aliphatic heterocycles. The first-order valence-corrected chi connectivity index (χ1v) is 8.58. The second kappa shape index (κ2) is 6.11. The standard InChI is InChI=1S/C16H12Br2ClNO/c17-11-3-4-14(18)13(8-11)15(19)10-2-1-9-5-6-20-16(21)12(9)7-10/h1-4,7-8,15H,5-6H2,(H,20,21). The molecule has 2 aromatic carbocycles. The Hall–Kier alpha value is -0.840. The summed E-state index contributed by atoms with van der Waals surface area (Å²) in [6, 6.07) is 11.8. The highest BCUT2D eigenvalue weighted by Gasteiger charge is 2.20. The summed E-state index contributed by atoms with van der Waals surface area (Å²) in [6.07, 6.45) is 0.870. The van der Waals surface area contributed by atoms with Gasteiger partial charge in [0, 0.05) is 21.1 Å². The fraction of sp³-hybridized carbons (Fsp3) is 0.188. The lowest BCUT2D eigenvalue weighted by Gasteiger charge is -2.19. The molecule has 2 nitrogen and oxygen atoms in total. The van der Waals surface area contributed by atoms with Crippen LogP contribution in [0.25, 0.3) is 0 Å². The number of benzene rings is 2. The third-order valence-electron chi connectivity index (χ3n) is 3.58. The zero-order valence-electron chi connectivity index (χ0n) is 11.0. The maximum atomic E-state index is 11.9. The van der Waals surface area contributed by atoms with Gasteiger partial charge in [-0.3, -0.25) is 4.79 Å². The predicted octanol–water partition coefficient (Wildman–Crippen LogP) is 4.83. The minimum absolute atomic E-state index is 0.0183. The molecule has 0 saturated heterocycles. The van der Waals surface area contributed by atoms with Gasteiger partial charge in [0.25, 0.3) is 5.91 Å². The van der Waals surface area contributed by atoms with E-state index in [-0.39, 0.29) is 11.3 Å². The van der Waals surface area contributed by atoms with Crippen LogP contribution in [0, 0.1) is 0 Å². The summed E-state index contributed by atoms with van der Waals surface area (Å²) in [6.45, 7) is 0.701. The molecule has 0 fully saturated rings. The Morgan fingerprint density at radius 2 is 1.95 bits per heavy atom. The Labute approximate surface area is 145 Å². The maximum absolute atomic E-state index is 11.9. The summed E-state index contributed by atoms with van der Waals surface area (Å²) >= 11 is 13.6. The van der Waals surface area contributed by atoms with Crippen LogP contribution in [0.4, 0.5) is 0 Å². The molecule has 21 heavy (non-hydrogen) atoms. The van der Waals surface area contributed by atoms with E-state index in [4.69, 9.17) is 11.6 Å². The average molecular weight is 430 g/mol. The van der Waals surface area contributed by atoms with Crippen molar-refractivity contribution in [2.75, 3.05) is 6.54 Å². The molecule has 1 aliphatic rings. The number of fused-ring (bicyclic) bond motifs is 1. The van der Waals surface area contributed by atoms with E-state index in [1.807, 2.05) is 36.4 Å². The molecule has 108 valence electrons. The Morgan fingerprint density at radius 3 is 2.76 bits per heavy atom. The van der Waals surface area contributed by atoms with E-state index in [1.165, 1.54) is 0 Å². The van der Waals surface area contributed by atoms with Crippen LogP contribution in [0.5, 0.6) is 0 Å². The van der Waals surface area contributed by atoms with Crippen LogP contribution in [0.15, 0.2) is 45.3 Å². The van der Waals surface area contributed by atoms with Crippen molar-refractivity contribution in [3.05, 3.63) is 67.6 Å². The van der Waals surface area contributed by atoms with Crippen LogP contribution in [-0.2, 0) is 6.42 Å². The normalized spacial score (nSPS) is 15.3. The summed E-state index contributed by atoms with van der Waals surface area (Å²) in [4.78, 5) is 11.9. The summed E-state index contributed by atoms with van der Waals surface area (Å²) < 4.78 is 1.93. The largest absolute Gasteiger partial charge is 0.352 e. The van der Waals surface area contributed by atoms with E-state index in [2.05, 4.69) is 37.2 Å². The highest BCUT2D eigenvalue weighted by atomic mass is 79.9. The smallest absolute Gasteiger partial charge is 0.251 e. The molecule has 0 spiro atoms. The number of carbonyl (C=O) groups is 1. The maximum Gasteiger partial charge on any atom is 0.251 e. The molecule has 1 unspecified atom stereocenters. The molecule has 1 atom stereocenters. The lowest BCUT2D eigenvalue weighted by molar-refractivity contribution is 0.0946. The minimum Gasteiger partial charge on any atom is -0.352 e. The van der Waals surface area contributed by atoms with Crippen molar-refractivity contribution in [2.24, 2.45) is 0 Å². The summed E-state index contributed by atoms with van der Waals surface area (Å²) in [7, 11) is 0. The predicted molar refractivity (Wildman–Crippen MR) is 92.0 cm³/mol. The van der Waals surface area contributed by atoms with E-state index >= 15 is 0 Å². The molecule has 0 aliphatic carbocycles. The fourth-order valence-electron chi connectivity index (χ4n) is 2.48. The highest BCUT2D eigenvalue weighted by Crippen LogP contribution is 2.36. The van der Waals surface area contributed by atoms with Crippen LogP contribution < -0.4 is 5.32 Å². The summed E-state index contributed by atoms with van der Waals surface area (Å²) in [5.74, 6) is -0.0183. The number of amides is 1. The molecule has 1 heterocycles. The quantitative estimate of drug-likeness (QED) is 0.681. The summed E-state index contributed by atoms with van der Waals surface area (Å²) in [5, 5.41) is 2.56. The number of hydrogen-bond donors (Lipinski definition) is 1. The van der Waals surface area contributed by atoms with Crippen LogP contribution in [0.1, 0.15) is 32.4 Å². The van der Waals surface area contributed by atoms with Gasteiger partial charge in [-0.15, -0.1) is 11.6 Å². The monoisotopic (exact) mass is 427 g/mol. The Morgan fingerprint density at radius 1 is 1.14 bits per heavy atom. The van der Waals surface area contributed by atoms with E-state index in [9.17, 15) is 4.79 Å². The van der Waals surface area contributed by atoms with Gasteiger partial charge in [0.05, 0.1) is 5.38 Å². The molecule has 0 aromatic heterocycles. The topological polar surface area (TPSA) is 29.1 Å². The van der Waals surface area contributed by atoms with Gasteiger partial charge in [-0.2, -0.15) is 0 Å². The van der Waals surface area contributed by atoms with Crippen LogP contribution in [0.3, 0.4) is 0 Å². The SMILES string of the molecule is O=C1NCCc2ccc(C(Cl)c3cc(Br)ccc3Br)cc21. The Kier molecular flexibility index (Phi) is 4.38. The van der Waals surface area contributed by atoms with Crippen LogP contribution >= 0.6 is 43.5 Å². The number of nitrogens with one attached hydrogen (secondary N) is 1. The van der Waals surface area contributed by atoms with Gasteiger partial charge in [-0.25, -0.2) is 0 Å². The number of hydrogen-bond acceptors (Lipinski definition) is 1. The molecule has 3 rings (SSSR count). The van der Waals surface area contributed by atoms with Gasteiger partial charge in [0.2, 0.25) is 0 Å². The van der Waals surface area contributed by atoms with Gasteiger partial charge in [0.15, 0.2) is 0 Å². The molecule has 0 bridgehead atoms. The zero-order valence-corrected chi connectivity index (χ0v) is 14.9. The van der Waals surface area contributed by atoms with Crippen LogP contribution in [0.2, 0.25) is 0 Å². The number of halogens is 3. The van der Waals surface area contributed by atoms with Gasteiger partial charge in [-0.05, 0) is 47.4 Å². The average Bonchev–Trinajstić information content (AvgIpc) is 2.49. The summed E-state index contributed by atoms with van der Waals surface area (Å²) in [5.41, 5.74) is 3.71. The van der Waals surface area contributed by atoms with Crippen molar-refractivity contribution < 1.29 is 4.79 Å². The van der Waals surface area contributed by atoms with Crippen molar-refractivity contribution in [1.82, 2.24) is 5.32 Å². The van der Waals surface area contributed by atoms with E-state index < -0.39 is 0 Å². The highest BCUT2D eigenvalue weighted by molar-refractivity contribution is 9.11. The second-order valence-electron chi connectivity index (χ2n) is 4.95. The molecular formula is C16H12Br2ClNO. The number of alkyl halides is 1. The molecule has 1 N–H and O–H groups in total. The first-order valence-electron chi connectivity index (χ1n) is 6.56. The molecule has 2 aromatic rings. The third kappa shape index (κ3) is 3.03. The lowest BCUT2D eigenvalue weighted by atomic mass is 9.95. The van der Waals surface area contributed by atoms with Gasteiger partial charge >= 0.3 is 0 Å². The minimum atomic E-state index is -0.308. The number of rotatable bonds is 2. The van der Waals surface area contributed by atoms with Gasteiger partial charge < -0.3 is 5.32 Å². The van der Waals surface area contributed by atoms with E-state index in [1.54, 1.807) is 0 Å². The van der Waals surface area contributed by atoms with Crippen molar-refractivity contribution in [2.45, 2.75) is 11.8 Å². The van der Waals surface area contributed by atoms with Gasteiger partial charge in [-0.1, -0.05) is 44.0 Å². The molecule has 0 radical (unpaired) electrons. The first kappa shape index (κ1) is 15.1. The van der Waals surface area contributed by atoms with Crippen molar-refractivity contribution in [3.8, 4) is 0 Å². The first-order chi connectivity index (χ1) is 10.1. The zero-order chi connectivity index (χ0) is 15.0. The molecule has 0 saturated carbocycles. The van der Waals surface area contributed by atoms with Crippen molar-refractivity contribution >= 4 is 49.4 Å². The lowest BCUT2D eigenvalue weighted by Crippen LogP contribution is -2.31. The molecular weight excluding hydrogens is 417 g/mol. The fourth-order valence-corrected chi connectivity index (χ4v) is 3.78. The van der Waals surface area contributed by atoms with Crippen LogP contribution in [-0.4, -0.2) is 12.5 Å². The van der Waals surface area contributed by atoms with Crippen molar-refractivity contribution in [3.63, 3.8) is 0 Å².